The summed E-state index contributed by atoms with van der Waals surface area (Å²) < 4.78 is 0. The van der Waals surface area contributed by atoms with E-state index in [1.165, 1.54) is 32.1 Å². The maximum absolute atomic E-state index is 6.19. The molecule has 1 aliphatic carbocycles. The summed E-state index contributed by atoms with van der Waals surface area (Å²) in [6.45, 7) is 3.91. The summed E-state index contributed by atoms with van der Waals surface area (Å²) in [7, 11) is 0. The van der Waals surface area contributed by atoms with Gasteiger partial charge in [0.05, 0.1) is 0 Å². The minimum atomic E-state index is 0.528. The average molecular weight is 331 g/mol. The van der Waals surface area contributed by atoms with Crippen molar-refractivity contribution in [2.45, 2.75) is 52.0 Å². The van der Waals surface area contributed by atoms with Gasteiger partial charge in [-0.1, -0.05) is 36.9 Å². The Bertz CT molecular complexity index is 681. The van der Waals surface area contributed by atoms with Gasteiger partial charge in [-0.2, -0.15) is 0 Å². The first-order valence-electron chi connectivity index (χ1n) is 8.25. The standard InChI is InChI=1S/C18H23ClN4/c1-12-8-9-15(10-16(12)19)23-18-11-17(20-13(2)21-18)22-14-6-4-3-5-7-14/h8-11,14H,3-7H2,1-2H3,(H2,20,21,22,23). The van der Waals surface area contributed by atoms with Gasteiger partial charge in [-0.05, 0) is 44.4 Å². The molecular formula is C18H23ClN4. The van der Waals surface area contributed by atoms with E-state index in [1.54, 1.807) is 0 Å². The van der Waals surface area contributed by atoms with Crippen LogP contribution in [-0.4, -0.2) is 16.0 Å². The third-order valence-corrected chi connectivity index (χ3v) is 4.65. The number of nitrogens with one attached hydrogen (secondary N) is 2. The molecule has 23 heavy (non-hydrogen) atoms. The van der Waals surface area contributed by atoms with Crippen LogP contribution in [0.1, 0.15) is 43.5 Å². The van der Waals surface area contributed by atoms with Crippen LogP contribution in [0.15, 0.2) is 24.3 Å². The molecule has 0 amide bonds. The Morgan fingerprint density at radius 2 is 1.74 bits per heavy atom. The Hall–Kier alpha value is -1.81. The smallest absolute Gasteiger partial charge is 0.136 e. The molecule has 122 valence electrons. The molecule has 1 fully saturated rings. The van der Waals surface area contributed by atoms with Crippen LogP contribution in [0.3, 0.4) is 0 Å². The topological polar surface area (TPSA) is 49.8 Å². The number of aromatic nitrogens is 2. The van der Waals surface area contributed by atoms with Gasteiger partial charge in [-0.3, -0.25) is 0 Å². The quantitative estimate of drug-likeness (QED) is 0.805. The van der Waals surface area contributed by atoms with Crippen molar-refractivity contribution in [3.8, 4) is 0 Å². The first kappa shape index (κ1) is 16.1. The Labute approximate surface area is 142 Å². The number of rotatable bonds is 4. The second kappa shape index (κ2) is 7.18. The second-order valence-electron chi connectivity index (χ2n) is 6.25. The third-order valence-electron chi connectivity index (χ3n) is 4.24. The van der Waals surface area contributed by atoms with Gasteiger partial charge in [0, 0.05) is 22.8 Å². The molecule has 4 nitrogen and oxygen atoms in total. The van der Waals surface area contributed by atoms with Crippen molar-refractivity contribution < 1.29 is 0 Å². The van der Waals surface area contributed by atoms with Crippen LogP contribution in [-0.2, 0) is 0 Å². The van der Waals surface area contributed by atoms with Crippen LogP contribution in [0.5, 0.6) is 0 Å². The largest absolute Gasteiger partial charge is 0.367 e. The fourth-order valence-corrected chi connectivity index (χ4v) is 3.16. The van der Waals surface area contributed by atoms with Gasteiger partial charge < -0.3 is 10.6 Å². The van der Waals surface area contributed by atoms with E-state index >= 15 is 0 Å². The Morgan fingerprint density at radius 1 is 1.00 bits per heavy atom. The van der Waals surface area contributed by atoms with Crippen LogP contribution in [0.2, 0.25) is 5.02 Å². The number of hydrogen-bond acceptors (Lipinski definition) is 4. The number of hydrogen-bond donors (Lipinski definition) is 2. The summed E-state index contributed by atoms with van der Waals surface area (Å²) in [4.78, 5) is 8.98. The zero-order valence-electron chi connectivity index (χ0n) is 13.7. The van der Waals surface area contributed by atoms with Gasteiger partial charge in [0.2, 0.25) is 0 Å². The monoisotopic (exact) mass is 330 g/mol. The molecule has 5 heteroatoms. The van der Waals surface area contributed by atoms with Crippen molar-refractivity contribution in [1.82, 2.24) is 9.97 Å². The lowest BCUT2D eigenvalue weighted by atomic mass is 9.95. The number of halogens is 1. The van der Waals surface area contributed by atoms with Gasteiger partial charge in [0.1, 0.15) is 17.5 Å². The highest BCUT2D eigenvalue weighted by atomic mass is 35.5. The summed E-state index contributed by atoms with van der Waals surface area (Å²) >= 11 is 6.19. The highest BCUT2D eigenvalue weighted by Gasteiger charge is 2.14. The second-order valence-corrected chi connectivity index (χ2v) is 6.66. The lowest BCUT2D eigenvalue weighted by molar-refractivity contribution is 0.462. The van der Waals surface area contributed by atoms with Crippen molar-refractivity contribution >= 4 is 28.9 Å². The summed E-state index contributed by atoms with van der Waals surface area (Å²) in [5.74, 6) is 2.44. The SMILES string of the molecule is Cc1nc(Nc2ccc(C)c(Cl)c2)cc(NC2CCCCC2)n1. The minimum absolute atomic E-state index is 0.528. The fraction of sp³-hybridized carbons (Fsp3) is 0.444. The molecule has 0 atom stereocenters. The summed E-state index contributed by atoms with van der Waals surface area (Å²) in [5.41, 5.74) is 2.00. The van der Waals surface area contributed by atoms with Gasteiger partial charge in [0.25, 0.3) is 0 Å². The predicted molar refractivity (Wildman–Crippen MR) is 96.7 cm³/mol. The maximum atomic E-state index is 6.19. The molecule has 1 heterocycles. The van der Waals surface area contributed by atoms with Gasteiger partial charge in [-0.25, -0.2) is 9.97 Å². The molecule has 0 spiro atoms. The van der Waals surface area contributed by atoms with E-state index in [1.807, 2.05) is 38.1 Å². The predicted octanol–water partition coefficient (Wildman–Crippen LogP) is 5.24. The first-order valence-corrected chi connectivity index (χ1v) is 8.63. The highest BCUT2D eigenvalue weighted by Crippen LogP contribution is 2.25. The van der Waals surface area contributed by atoms with Crippen LogP contribution < -0.4 is 10.6 Å². The fourth-order valence-electron chi connectivity index (χ4n) is 2.98. The Morgan fingerprint density at radius 3 is 2.48 bits per heavy atom. The Kier molecular flexibility index (Phi) is 5.01. The Balaban J connectivity index is 1.75. The van der Waals surface area contributed by atoms with E-state index in [0.29, 0.717) is 6.04 Å². The summed E-state index contributed by atoms with van der Waals surface area (Å²) in [5, 5.41) is 7.62. The summed E-state index contributed by atoms with van der Waals surface area (Å²) in [6, 6.07) is 8.42. The number of benzene rings is 1. The zero-order chi connectivity index (χ0) is 16.2. The van der Waals surface area contributed by atoms with Crippen LogP contribution in [0.4, 0.5) is 17.3 Å². The molecule has 2 aromatic rings. The highest BCUT2D eigenvalue weighted by molar-refractivity contribution is 6.31. The normalized spacial score (nSPS) is 15.4. The van der Waals surface area contributed by atoms with Gasteiger partial charge in [-0.15, -0.1) is 0 Å². The van der Waals surface area contributed by atoms with E-state index in [4.69, 9.17) is 11.6 Å². The van der Waals surface area contributed by atoms with E-state index in [2.05, 4.69) is 20.6 Å². The van der Waals surface area contributed by atoms with Crippen LogP contribution in [0, 0.1) is 13.8 Å². The molecule has 1 aromatic carbocycles. The van der Waals surface area contributed by atoms with Crippen LogP contribution in [0.25, 0.3) is 0 Å². The first-order chi connectivity index (χ1) is 11.1. The lowest BCUT2D eigenvalue weighted by Gasteiger charge is -2.23. The average Bonchev–Trinajstić information content (AvgIpc) is 2.51. The number of aryl methyl sites for hydroxylation is 2. The molecular weight excluding hydrogens is 308 g/mol. The van der Waals surface area contributed by atoms with E-state index in [0.717, 1.165) is 33.7 Å². The molecule has 1 aliphatic rings. The van der Waals surface area contributed by atoms with Crippen molar-refractivity contribution in [2.75, 3.05) is 10.6 Å². The van der Waals surface area contributed by atoms with Crippen molar-refractivity contribution in [3.63, 3.8) is 0 Å². The molecule has 0 unspecified atom stereocenters. The van der Waals surface area contributed by atoms with Crippen molar-refractivity contribution in [2.24, 2.45) is 0 Å². The molecule has 3 rings (SSSR count). The maximum Gasteiger partial charge on any atom is 0.136 e. The number of nitrogens with zero attached hydrogens (tertiary/aromatic N) is 2. The van der Waals surface area contributed by atoms with Crippen molar-refractivity contribution in [1.29, 1.82) is 0 Å². The summed E-state index contributed by atoms with van der Waals surface area (Å²) in [6.07, 6.45) is 6.39. The molecule has 1 aromatic heterocycles. The molecule has 0 aliphatic heterocycles. The van der Waals surface area contributed by atoms with Crippen LogP contribution >= 0.6 is 11.6 Å². The third kappa shape index (κ3) is 4.35. The minimum Gasteiger partial charge on any atom is -0.367 e. The molecule has 1 saturated carbocycles. The number of anilines is 3. The molecule has 0 bridgehead atoms. The van der Waals surface area contributed by atoms with Crippen molar-refractivity contribution in [3.05, 3.63) is 40.7 Å². The molecule has 2 N–H and O–H groups in total. The van der Waals surface area contributed by atoms with Gasteiger partial charge >= 0.3 is 0 Å². The zero-order valence-corrected chi connectivity index (χ0v) is 14.5. The van der Waals surface area contributed by atoms with E-state index < -0.39 is 0 Å². The molecule has 0 saturated heterocycles. The molecule has 0 radical (unpaired) electrons. The van der Waals surface area contributed by atoms with Gasteiger partial charge in [0.15, 0.2) is 0 Å². The lowest BCUT2D eigenvalue weighted by Crippen LogP contribution is -2.23. The van der Waals surface area contributed by atoms with E-state index in [9.17, 15) is 0 Å². The van der Waals surface area contributed by atoms with E-state index in [-0.39, 0.29) is 0 Å².